The first-order chi connectivity index (χ1) is 14.0. The van der Waals surface area contributed by atoms with E-state index < -0.39 is 17.8 Å². The standard InChI is InChI=1S/C22H19FN4O2/c23-16-8-10-17(11-9-16)27-20(21(24)28)12-19(26-27)22(29)25-13-15-6-3-5-14-4-1-2-7-18(14)15/h1-11,20H,12-13H2,(H2,24,28)(H,25,29)/t20-/m0/s1. The summed E-state index contributed by atoms with van der Waals surface area (Å²) in [5, 5.41) is 10.7. The Kier molecular flexibility index (Phi) is 4.95. The van der Waals surface area contributed by atoms with Crippen LogP contribution in [0.2, 0.25) is 0 Å². The van der Waals surface area contributed by atoms with Crippen LogP contribution < -0.4 is 16.1 Å². The molecule has 0 saturated carbocycles. The fourth-order valence-corrected chi connectivity index (χ4v) is 3.43. The van der Waals surface area contributed by atoms with Crippen LogP contribution in [0.1, 0.15) is 12.0 Å². The highest BCUT2D eigenvalue weighted by molar-refractivity contribution is 6.40. The van der Waals surface area contributed by atoms with E-state index in [1.54, 1.807) is 0 Å². The Balaban J connectivity index is 1.52. The van der Waals surface area contributed by atoms with Gasteiger partial charge >= 0.3 is 0 Å². The van der Waals surface area contributed by atoms with Gasteiger partial charge < -0.3 is 11.1 Å². The van der Waals surface area contributed by atoms with Crippen LogP contribution in [0, 0.1) is 5.82 Å². The Morgan fingerprint density at radius 1 is 1.07 bits per heavy atom. The molecule has 0 spiro atoms. The number of anilines is 1. The predicted molar refractivity (Wildman–Crippen MR) is 110 cm³/mol. The summed E-state index contributed by atoms with van der Waals surface area (Å²) >= 11 is 0. The van der Waals surface area contributed by atoms with Crippen LogP contribution in [0.5, 0.6) is 0 Å². The number of benzene rings is 3. The van der Waals surface area contributed by atoms with E-state index >= 15 is 0 Å². The number of nitrogens with two attached hydrogens (primary N) is 1. The summed E-state index contributed by atoms with van der Waals surface area (Å²) < 4.78 is 13.2. The zero-order valence-electron chi connectivity index (χ0n) is 15.5. The second-order valence-corrected chi connectivity index (χ2v) is 6.81. The number of nitrogens with zero attached hydrogens (tertiary/aromatic N) is 2. The molecule has 3 aromatic carbocycles. The Morgan fingerprint density at radius 3 is 2.55 bits per heavy atom. The number of hydrogen-bond acceptors (Lipinski definition) is 4. The van der Waals surface area contributed by atoms with Crippen molar-refractivity contribution in [3.05, 3.63) is 78.1 Å². The highest BCUT2D eigenvalue weighted by atomic mass is 19.1. The van der Waals surface area contributed by atoms with Gasteiger partial charge in [-0.15, -0.1) is 0 Å². The predicted octanol–water partition coefficient (Wildman–Crippen LogP) is 2.72. The molecule has 1 atom stereocenters. The lowest BCUT2D eigenvalue weighted by atomic mass is 10.0. The summed E-state index contributed by atoms with van der Waals surface area (Å²) in [5.74, 6) is -1.37. The van der Waals surface area contributed by atoms with Gasteiger partial charge in [0.2, 0.25) is 5.91 Å². The molecule has 3 aromatic rings. The van der Waals surface area contributed by atoms with Crippen molar-refractivity contribution in [1.29, 1.82) is 0 Å². The van der Waals surface area contributed by atoms with E-state index in [0.717, 1.165) is 16.3 Å². The van der Waals surface area contributed by atoms with Gasteiger partial charge in [-0.05, 0) is 40.6 Å². The highest BCUT2D eigenvalue weighted by Gasteiger charge is 2.34. The van der Waals surface area contributed by atoms with Crippen molar-refractivity contribution >= 4 is 34.0 Å². The lowest BCUT2D eigenvalue weighted by Crippen LogP contribution is -2.39. The summed E-state index contributed by atoms with van der Waals surface area (Å²) in [4.78, 5) is 24.5. The average Bonchev–Trinajstić information content (AvgIpc) is 3.18. The van der Waals surface area contributed by atoms with E-state index in [0.29, 0.717) is 12.2 Å². The van der Waals surface area contributed by atoms with Crippen LogP contribution >= 0.6 is 0 Å². The molecule has 0 aromatic heterocycles. The third-order valence-corrected chi connectivity index (χ3v) is 4.91. The molecule has 6 nitrogen and oxygen atoms in total. The molecule has 1 aliphatic rings. The van der Waals surface area contributed by atoms with E-state index in [9.17, 15) is 14.0 Å². The van der Waals surface area contributed by atoms with E-state index in [-0.39, 0.29) is 18.0 Å². The number of amides is 2. The molecule has 3 N–H and O–H groups in total. The average molecular weight is 390 g/mol. The van der Waals surface area contributed by atoms with Crippen LogP contribution in [0.25, 0.3) is 10.8 Å². The molecule has 0 saturated heterocycles. The first kappa shape index (κ1) is 18.6. The number of rotatable bonds is 5. The topological polar surface area (TPSA) is 87.8 Å². The number of fused-ring (bicyclic) bond motifs is 1. The van der Waals surface area contributed by atoms with Gasteiger partial charge in [0, 0.05) is 13.0 Å². The van der Waals surface area contributed by atoms with Crippen LogP contribution in [0.4, 0.5) is 10.1 Å². The minimum absolute atomic E-state index is 0.0913. The van der Waals surface area contributed by atoms with Gasteiger partial charge in [-0.3, -0.25) is 14.6 Å². The maximum Gasteiger partial charge on any atom is 0.267 e. The molecule has 1 aliphatic heterocycles. The summed E-state index contributed by atoms with van der Waals surface area (Å²) in [6.07, 6.45) is 0.0913. The van der Waals surface area contributed by atoms with Gasteiger partial charge in [0.1, 0.15) is 17.6 Å². The van der Waals surface area contributed by atoms with Crippen LogP contribution in [-0.4, -0.2) is 23.6 Å². The Labute approximate surface area is 166 Å². The van der Waals surface area contributed by atoms with Crippen molar-refractivity contribution in [2.75, 3.05) is 5.01 Å². The number of hydrogen-bond donors (Lipinski definition) is 2. The zero-order valence-corrected chi connectivity index (χ0v) is 15.5. The Bertz CT molecular complexity index is 1110. The van der Waals surface area contributed by atoms with Gasteiger partial charge in [-0.1, -0.05) is 42.5 Å². The van der Waals surface area contributed by atoms with Crippen LogP contribution in [-0.2, 0) is 16.1 Å². The fraction of sp³-hybridized carbons (Fsp3) is 0.136. The molecule has 7 heteroatoms. The number of primary amides is 1. The molecular weight excluding hydrogens is 371 g/mol. The summed E-state index contributed by atoms with van der Waals surface area (Å²) in [7, 11) is 0. The van der Waals surface area contributed by atoms with Gasteiger partial charge in [0.25, 0.3) is 5.91 Å². The molecule has 0 unspecified atom stereocenters. The normalized spacial score (nSPS) is 16.0. The second-order valence-electron chi connectivity index (χ2n) is 6.81. The maximum atomic E-state index is 13.2. The lowest BCUT2D eigenvalue weighted by molar-refractivity contribution is -0.119. The number of carbonyl (C=O) groups excluding carboxylic acids is 2. The van der Waals surface area contributed by atoms with Crippen molar-refractivity contribution in [2.24, 2.45) is 10.8 Å². The van der Waals surface area contributed by atoms with Crippen LogP contribution in [0.3, 0.4) is 0 Å². The quantitative estimate of drug-likeness (QED) is 0.702. The van der Waals surface area contributed by atoms with Gasteiger partial charge in [0.15, 0.2) is 0 Å². The van der Waals surface area contributed by atoms with Gasteiger partial charge in [0.05, 0.1) is 5.69 Å². The summed E-state index contributed by atoms with van der Waals surface area (Å²) in [6, 6.07) is 18.6. The maximum absolute atomic E-state index is 13.2. The van der Waals surface area contributed by atoms with E-state index in [1.165, 1.54) is 29.3 Å². The molecule has 29 heavy (non-hydrogen) atoms. The van der Waals surface area contributed by atoms with E-state index in [1.807, 2.05) is 42.5 Å². The van der Waals surface area contributed by atoms with Crippen molar-refractivity contribution in [3.8, 4) is 0 Å². The molecule has 0 radical (unpaired) electrons. The molecule has 0 aliphatic carbocycles. The minimum atomic E-state index is -0.793. The largest absolute Gasteiger partial charge is 0.368 e. The van der Waals surface area contributed by atoms with E-state index in [2.05, 4.69) is 10.4 Å². The molecule has 2 amide bonds. The second kappa shape index (κ2) is 7.71. The van der Waals surface area contributed by atoms with Crippen molar-refractivity contribution in [3.63, 3.8) is 0 Å². The highest BCUT2D eigenvalue weighted by Crippen LogP contribution is 2.25. The third-order valence-electron chi connectivity index (χ3n) is 4.91. The van der Waals surface area contributed by atoms with Crippen molar-refractivity contribution < 1.29 is 14.0 Å². The number of hydrazone groups is 1. The molecule has 4 rings (SSSR count). The Morgan fingerprint density at radius 2 is 1.79 bits per heavy atom. The molecule has 146 valence electrons. The first-order valence-corrected chi connectivity index (χ1v) is 9.19. The number of nitrogens with one attached hydrogen (secondary N) is 1. The number of carbonyl (C=O) groups is 2. The fourth-order valence-electron chi connectivity index (χ4n) is 3.43. The molecule has 1 heterocycles. The SMILES string of the molecule is NC(=O)[C@@H]1CC(C(=O)NCc2cccc3ccccc23)=NN1c1ccc(F)cc1. The molecule has 0 fully saturated rings. The van der Waals surface area contributed by atoms with Gasteiger partial charge in [-0.25, -0.2) is 4.39 Å². The van der Waals surface area contributed by atoms with E-state index in [4.69, 9.17) is 5.73 Å². The summed E-state index contributed by atoms with van der Waals surface area (Å²) in [6.45, 7) is 0.330. The molecule has 0 bridgehead atoms. The zero-order chi connectivity index (χ0) is 20.4. The third kappa shape index (κ3) is 3.80. The summed E-state index contributed by atoms with van der Waals surface area (Å²) in [5.41, 5.74) is 7.17. The monoisotopic (exact) mass is 390 g/mol. The van der Waals surface area contributed by atoms with Crippen molar-refractivity contribution in [1.82, 2.24) is 5.32 Å². The first-order valence-electron chi connectivity index (χ1n) is 9.19. The van der Waals surface area contributed by atoms with Gasteiger partial charge in [-0.2, -0.15) is 5.10 Å². The van der Waals surface area contributed by atoms with Crippen molar-refractivity contribution in [2.45, 2.75) is 19.0 Å². The smallest absolute Gasteiger partial charge is 0.267 e. The Hall–Kier alpha value is -3.74. The minimum Gasteiger partial charge on any atom is -0.368 e. The molecular formula is C22H19FN4O2. The van der Waals surface area contributed by atoms with Crippen LogP contribution in [0.15, 0.2) is 71.8 Å². The lowest BCUT2D eigenvalue weighted by Gasteiger charge is -2.20. The number of halogens is 1.